The lowest BCUT2D eigenvalue weighted by molar-refractivity contribution is -0.142. The first-order chi connectivity index (χ1) is 15.6. The number of benzene rings is 1. The van der Waals surface area contributed by atoms with Crippen molar-refractivity contribution in [3.8, 4) is 0 Å². The highest BCUT2D eigenvalue weighted by Gasteiger charge is 2.28. The molecule has 2 atom stereocenters. The summed E-state index contributed by atoms with van der Waals surface area (Å²) in [4.78, 5) is 28.9. The van der Waals surface area contributed by atoms with Gasteiger partial charge in [0.15, 0.2) is 5.82 Å². The highest BCUT2D eigenvalue weighted by atomic mass is 19.1. The van der Waals surface area contributed by atoms with Crippen LogP contribution in [-0.2, 0) is 32.7 Å². The van der Waals surface area contributed by atoms with E-state index in [-0.39, 0.29) is 24.3 Å². The Morgan fingerprint density at radius 1 is 1.33 bits per heavy atom. The highest BCUT2D eigenvalue weighted by Crippen LogP contribution is 2.26. The van der Waals surface area contributed by atoms with Gasteiger partial charge in [-0.05, 0) is 56.7 Å². The fourth-order valence-electron chi connectivity index (χ4n) is 4.24. The van der Waals surface area contributed by atoms with E-state index in [0.717, 1.165) is 12.5 Å². The van der Waals surface area contributed by atoms with Crippen molar-refractivity contribution in [1.29, 1.82) is 0 Å². The van der Waals surface area contributed by atoms with E-state index in [0.29, 0.717) is 42.6 Å². The van der Waals surface area contributed by atoms with Gasteiger partial charge in [0.05, 0.1) is 31.4 Å². The number of carbonyl (C=O) groups is 2. The zero-order chi connectivity index (χ0) is 24.2. The van der Waals surface area contributed by atoms with Crippen molar-refractivity contribution in [2.24, 2.45) is 0 Å². The maximum absolute atomic E-state index is 14.3. The minimum Gasteiger partial charge on any atom is -0.469 e. The molecule has 0 saturated heterocycles. The largest absolute Gasteiger partial charge is 0.469 e. The Bertz CT molecular complexity index is 1010. The molecule has 33 heavy (non-hydrogen) atoms. The van der Waals surface area contributed by atoms with Crippen molar-refractivity contribution in [2.45, 2.75) is 76.9 Å². The van der Waals surface area contributed by atoms with E-state index in [1.807, 2.05) is 20.8 Å². The molecule has 180 valence electrons. The van der Waals surface area contributed by atoms with Gasteiger partial charge >= 0.3 is 5.97 Å². The van der Waals surface area contributed by atoms with Crippen molar-refractivity contribution >= 4 is 17.7 Å². The highest BCUT2D eigenvalue weighted by molar-refractivity contribution is 5.94. The molecule has 1 heterocycles. The topological polar surface area (TPSA) is 85.2 Å². The second-order valence-corrected chi connectivity index (χ2v) is 9.19. The molecule has 2 N–H and O–H groups in total. The number of hydrogen-bond donors (Lipinski definition) is 2. The van der Waals surface area contributed by atoms with Crippen LogP contribution in [0.4, 0.5) is 14.6 Å². The van der Waals surface area contributed by atoms with Gasteiger partial charge in [-0.1, -0.05) is 13.3 Å². The summed E-state index contributed by atoms with van der Waals surface area (Å²) in [7, 11) is 1.34. The summed E-state index contributed by atoms with van der Waals surface area (Å²) in [5.41, 5.74) is 0.646. The number of fused-ring (bicyclic) bond motifs is 1. The number of methoxy groups -OCH3 is 1. The SMILES string of the molecule is CCCC(NC1CCc2cc(F)cc(F)c2C1)C(=O)Nc1cn(C(C)(C)CC(=O)OC)cn1. The minimum absolute atomic E-state index is 0.0868. The Kier molecular flexibility index (Phi) is 7.84. The zero-order valence-corrected chi connectivity index (χ0v) is 19.6. The van der Waals surface area contributed by atoms with Crippen molar-refractivity contribution in [3.63, 3.8) is 0 Å². The third-order valence-corrected chi connectivity index (χ3v) is 6.13. The van der Waals surface area contributed by atoms with E-state index < -0.39 is 23.2 Å². The van der Waals surface area contributed by atoms with E-state index >= 15 is 0 Å². The molecule has 0 bridgehead atoms. The quantitative estimate of drug-likeness (QED) is 0.555. The first kappa shape index (κ1) is 24.8. The predicted molar refractivity (Wildman–Crippen MR) is 121 cm³/mol. The van der Waals surface area contributed by atoms with Crippen LogP contribution >= 0.6 is 0 Å². The number of anilines is 1. The van der Waals surface area contributed by atoms with E-state index in [2.05, 4.69) is 15.6 Å². The number of esters is 1. The molecule has 7 nitrogen and oxygen atoms in total. The molecule has 1 aliphatic rings. The van der Waals surface area contributed by atoms with Gasteiger partial charge in [-0.15, -0.1) is 0 Å². The molecule has 9 heteroatoms. The average Bonchev–Trinajstić information content (AvgIpc) is 3.23. The lowest BCUT2D eigenvalue weighted by atomic mass is 9.87. The Balaban J connectivity index is 1.65. The monoisotopic (exact) mass is 462 g/mol. The van der Waals surface area contributed by atoms with E-state index in [1.54, 1.807) is 17.1 Å². The van der Waals surface area contributed by atoms with Crippen molar-refractivity contribution in [2.75, 3.05) is 12.4 Å². The second kappa shape index (κ2) is 10.4. The number of aromatic nitrogens is 2. The number of nitrogens with zero attached hydrogens (tertiary/aromatic N) is 2. The number of rotatable bonds is 9. The smallest absolute Gasteiger partial charge is 0.307 e. The molecule has 3 rings (SSSR count). The molecule has 0 radical (unpaired) electrons. The molecule has 1 aromatic carbocycles. The predicted octanol–water partition coefficient (Wildman–Crippen LogP) is 3.71. The molecule has 2 unspecified atom stereocenters. The third kappa shape index (κ3) is 6.16. The number of amides is 1. The van der Waals surface area contributed by atoms with Gasteiger partial charge in [-0.3, -0.25) is 9.59 Å². The van der Waals surface area contributed by atoms with Crippen molar-refractivity contribution in [3.05, 3.63) is 47.4 Å². The normalized spacial score (nSPS) is 16.7. The number of carbonyl (C=O) groups excluding carboxylic acids is 2. The summed E-state index contributed by atoms with van der Waals surface area (Å²) < 4.78 is 34.3. The van der Waals surface area contributed by atoms with Crippen LogP contribution in [0.15, 0.2) is 24.7 Å². The average molecular weight is 463 g/mol. The Hall–Kier alpha value is -2.81. The number of hydrogen-bond acceptors (Lipinski definition) is 5. The Labute approximate surface area is 192 Å². The van der Waals surface area contributed by atoms with Crippen LogP contribution in [0.2, 0.25) is 0 Å². The molecule has 0 saturated carbocycles. The van der Waals surface area contributed by atoms with E-state index in [1.165, 1.54) is 13.2 Å². The molecule has 1 aromatic heterocycles. The summed E-state index contributed by atoms with van der Waals surface area (Å²) in [6.07, 6.45) is 6.47. The van der Waals surface area contributed by atoms with Crippen LogP contribution in [0.25, 0.3) is 0 Å². The molecular weight excluding hydrogens is 430 g/mol. The first-order valence-electron chi connectivity index (χ1n) is 11.3. The summed E-state index contributed by atoms with van der Waals surface area (Å²) in [6, 6.07) is 1.74. The fourth-order valence-corrected chi connectivity index (χ4v) is 4.24. The maximum Gasteiger partial charge on any atom is 0.307 e. The van der Waals surface area contributed by atoms with Crippen LogP contribution in [0, 0.1) is 11.6 Å². The summed E-state index contributed by atoms with van der Waals surface area (Å²) in [5.74, 6) is -1.27. The number of nitrogens with one attached hydrogen (secondary N) is 2. The number of imidazole rings is 1. The first-order valence-corrected chi connectivity index (χ1v) is 11.3. The molecular formula is C24H32F2N4O3. The molecule has 0 fully saturated rings. The molecule has 0 spiro atoms. The second-order valence-electron chi connectivity index (χ2n) is 9.19. The van der Waals surface area contributed by atoms with Crippen molar-refractivity contribution < 1.29 is 23.1 Å². The minimum atomic E-state index is -0.566. The number of halogens is 2. The standard InChI is InChI=1S/C24H32F2N4O3/c1-5-6-20(28-17-8-7-15-9-16(25)10-19(26)18(15)11-17)23(32)29-21-13-30(14-27-21)24(2,3)12-22(31)33-4/h9-10,13-14,17,20,28H,5-8,11-12H2,1-4H3,(H,29,32). The summed E-state index contributed by atoms with van der Waals surface area (Å²) in [6.45, 7) is 5.75. The van der Waals surface area contributed by atoms with Crippen LogP contribution < -0.4 is 10.6 Å². The fraction of sp³-hybridized carbons (Fsp3) is 0.542. The molecule has 2 aromatic rings. The number of ether oxygens (including phenoxy) is 1. The summed E-state index contributed by atoms with van der Waals surface area (Å²) in [5, 5.41) is 6.20. The van der Waals surface area contributed by atoms with Gasteiger partial charge in [0.1, 0.15) is 11.6 Å². The lowest BCUT2D eigenvalue weighted by Crippen LogP contribution is -2.48. The van der Waals surface area contributed by atoms with E-state index in [9.17, 15) is 18.4 Å². The van der Waals surface area contributed by atoms with E-state index in [4.69, 9.17) is 4.74 Å². The Morgan fingerprint density at radius 2 is 2.09 bits per heavy atom. The van der Waals surface area contributed by atoms with Gasteiger partial charge in [0, 0.05) is 18.3 Å². The van der Waals surface area contributed by atoms with Gasteiger partial charge in [0.25, 0.3) is 0 Å². The van der Waals surface area contributed by atoms with Crippen LogP contribution in [0.5, 0.6) is 0 Å². The lowest BCUT2D eigenvalue weighted by Gasteiger charge is -2.29. The molecule has 0 aliphatic heterocycles. The van der Waals surface area contributed by atoms with Gasteiger partial charge in [-0.2, -0.15) is 0 Å². The third-order valence-electron chi connectivity index (χ3n) is 6.13. The van der Waals surface area contributed by atoms with Crippen molar-refractivity contribution in [1.82, 2.24) is 14.9 Å². The van der Waals surface area contributed by atoms with Crippen LogP contribution in [0.1, 0.15) is 57.6 Å². The molecule has 1 amide bonds. The Morgan fingerprint density at radius 3 is 2.79 bits per heavy atom. The summed E-state index contributed by atoms with van der Waals surface area (Å²) >= 11 is 0. The zero-order valence-electron chi connectivity index (χ0n) is 19.6. The maximum atomic E-state index is 14.3. The van der Waals surface area contributed by atoms with Gasteiger partial charge in [-0.25, -0.2) is 13.8 Å². The van der Waals surface area contributed by atoms with Crippen LogP contribution in [0.3, 0.4) is 0 Å². The van der Waals surface area contributed by atoms with Gasteiger partial charge < -0.3 is 19.9 Å². The number of aryl methyl sites for hydroxylation is 1. The van der Waals surface area contributed by atoms with Gasteiger partial charge in [0.2, 0.25) is 5.91 Å². The molecule has 1 aliphatic carbocycles. The van der Waals surface area contributed by atoms with Crippen LogP contribution in [-0.4, -0.2) is 40.6 Å².